The summed E-state index contributed by atoms with van der Waals surface area (Å²) in [5.41, 5.74) is -2.79. The van der Waals surface area contributed by atoms with Crippen molar-refractivity contribution in [1.29, 1.82) is 0 Å². The van der Waals surface area contributed by atoms with Gasteiger partial charge >= 0.3 is 33.5 Å². The summed E-state index contributed by atoms with van der Waals surface area (Å²) < 4.78 is 107. The van der Waals surface area contributed by atoms with E-state index in [0.717, 1.165) is 6.08 Å². The molecule has 4 fully saturated rings. The predicted molar refractivity (Wildman–Crippen MR) is 88.6 cm³/mol. The van der Waals surface area contributed by atoms with E-state index in [-0.39, 0.29) is 31.1 Å². The minimum absolute atomic E-state index is 0.0394. The van der Waals surface area contributed by atoms with Gasteiger partial charge in [-0.2, -0.15) is 30.4 Å². The Kier molecular flexibility index (Phi) is 5.25. The van der Waals surface area contributed by atoms with E-state index in [9.17, 15) is 40.0 Å². The fraction of sp³-hybridized carbons (Fsp3) is 0.765. The van der Waals surface area contributed by atoms with Gasteiger partial charge in [0.15, 0.2) is 0 Å². The third-order valence-electron chi connectivity index (χ3n) is 6.10. The van der Waals surface area contributed by atoms with Gasteiger partial charge in [-0.25, -0.2) is 4.79 Å². The van der Waals surface area contributed by atoms with E-state index in [1.54, 1.807) is 0 Å². The number of alkyl halides is 5. The van der Waals surface area contributed by atoms with E-state index in [1.807, 2.05) is 0 Å². The van der Waals surface area contributed by atoms with Gasteiger partial charge in [0.05, 0.1) is 5.41 Å². The largest absolute Gasteiger partial charge is 0.456 e. The van der Waals surface area contributed by atoms with Crippen LogP contribution in [0, 0.1) is 17.3 Å². The summed E-state index contributed by atoms with van der Waals surface area (Å²) in [6.07, 6.45) is -8.24. The van der Waals surface area contributed by atoms with Gasteiger partial charge in [0.2, 0.25) is 0 Å². The average molecular weight is 462 g/mol. The summed E-state index contributed by atoms with van der Waals surface area (Å²) in [6.45, 7) is 3.27. The van der Waals surface area contributed by atoms with Crippen LogP contribution < -0.4 is 0 Å². The number of carbonyl (C=O) groups is 2. The molecule has 3 atom stereocenters. The zero-order chi connectivity index (χ0) is 22.8. The summed E-state index contributed by atoms with van der Waals surface area (Å²) in [7, 11) is -6.53. The van der Waals surface area contributed by atoms with E-state index < -0.39 is 50.6 Å². The molecule has 0 aliphatic heterocycles. The minimum atomic E-state index is -6.53. The Morgan fingerprint density at radius 3 is 2.07 bits per heavy atom. The molecule has 13 heteroatoms. The van der Waals surface area contributed by atoms with Gasteiger partial charge in [-0.05, 0) is 43.9 Å². The Balaban J connectivity index is 1.92. The van der Waals surface area contributed by atoms with Crippen LogP contribution in [0.4, 0.5) is 22.0 Å². The van der Waals surface area contributed by atoms with Crippen LogP contribution in [0.2, 0.25) is 0 Å². The van der Waals surface area contributed by atoms with Crippen LogP contribution in [-0.2, 0) is 29.2 Å². The van der Waals surface area contributed by atoms with Crippen LogP contribution in [0.15, 0.2) is 12.7 Å². The van der Waals surface area contributed by atoms with Gasteiger partial charge < -0.3 is 9.47 Å². The van der Waals surface area contributed by atoms with E-state index >= 15 is 0 Å². The van der Waals surface area contributed by atoms with Crippen LogP contribution in [-0.4, -0.2) is 48.0 Å². The van der Waals surface area contributed by atoms with Gasteiger partial charge in [-0.15, -0.1) is 0 Å². The molecular formula is C17H19F5O7S. The zero-order valence-electron chi connectivity index (χ0n) is 15.5. The molecule has 0 aromatic carbocycles. The topological polar surface area (TPSA) is 107 Å². The lowest BCUT2D eigenvalue weighted by Gasteiger charge is -2.59. The highest BCUT2D eigenvalue weighted by Crippen LogP contribution is 2.63. The maximum absolute atomic E-state index is 13.8. The molecular weight excluding hydrogens is 443 g/mol. The molecule has 0 saturated heterocycles. The van der Waals surface area contributed by atoms with Crippen LogP contribution in [0.25, 0.3) is 0 Å². The van der Waals surface area contributed by atoms with Crippen LogP contribution in [0.1, 0.15) is 38.5 Å². The first-order valence-electron chi connectivity index (χ1n) is 9.02. The van der Waals surface area contributed by atoms with E-state index in [2.05, 4.69) is 11.3 Å². The first-order chi connectivity index (χ1) is 13.5. The Bertz CT molecular complexity index is 852. The lowest BCUT2D eigenvalue weighted by molar-refractivity contribution is -0.269. The second-order valence-corrected chi connectivity index (χ2v) is 9.91. The van der Waals surface area contributed by atoms with E-state index in [0.29, 0.717) is 19.3 Å². The molecule has 4 bridgehead atoms. The van der Waals surface area contributed by atoms with Crippen LogP contribution in [0.5, 0.6) is 0 Å². The van der Waals surface area contributed by atoms with Crippen molar-refractivity contribution in [2.45, 2.75) is 61.7 Å². The molecule has 170 valence electrons. The lowest BCUT2D eigenvalue weighted by Crippen LogP contribution is -2.61. The molecule has 0 aromatic rings. The molecule has 0 heterocycles. The van der Waals surface area contributed by atoms with E-state index in [1.165, 1.54) is 0 Å². The second-order valence-electron chi connectivity index (χ2n) is 8.41. The molecule has 4 saturated carbocycles. The average Bonchev–Trinajstić information content (AvgIpc) is 2.55. The highest BCUT2D eigenvalue weighted by molar-refractivity contribution is 7.86. The van der Waals surface area contributed by atoms with Gasteiger partial charge in [-0.3, -0.25) is 9.35 Å². The Hall–Kier alpha value is -1.76. The van der Waals surface area contributed by atoms with Crippen molar-refractivity contribution >= 4 is 22.1 Å². The van der Waals surface area contributed by atoms with Gasteiger partial charge in [0, 0.05) is 12.5 Å². The molecule has 0 spiro atoms. The number of rotatable bonds is 6. The Morgan fingerprint density at radius 1 is 1.10 bits per heavy atom. The van der Waals surface area contributed by atoms with E-state index in [4.69, 9.17) is 9.29 Å². The number of ether oxygens (including phenoxy) is 2. The highest BCUT2D eigenvalue weighted by Gasteiger charge is 2.69. The van der Waals surface area contributed by atoms with Crippen molar-refractivity contribution in [2.75, 3.05) is 0 Å². The maximum Gasteiger partial charge on any atom is 0.432 e. The first-order valence-corrected chi connectivity index (χ1v) is 10.5. The number of carbonyl (C=O) groups excluding carboxylic acids is 2. The summed E-state index contributed by atoms with van der Waals surface area (Å²) in [5.74, 6) is -2.85. The summed E-state index contributed by atoms with van der Waals surface area (Å²) in [4.78, 5) is 24.5. The normalized spacial score (nSPS) is 34.3. The minimum Gasteiger partial charge on any atom is -0.456 e. The van der Waals surface area contributed by atoms with Crippen molar-refractivity contribution in [2.24, 2.45) is 17.3 Å². The standard InChI is InChI=1S/C17H19F5O7S/c1-2-11(23)29-15-6-9-3-10(7-15)5-14(4-9,8-15)13(24)28-12(16(18,19)20)17(21,22)30(25,26)27/h2,9-10,12H,1,3-8H2,(H,25,26,27). The molecule has 0 radical (unpaired) electrons. The monoisotopic (exact) mass is 462 g/mol. The van der Waals surface area contributed by atoms with Crippen molar-refractivity contribution < 1.29 is 54.0 Å². The number of halogens is 5. The molecule has 4 rings (SSSR count). The van der Waals surface area contributed by atoms with Crippen LogP contribution >= 0.6 is 0 Å². The Morgan fingerprint density at radius 2 is 1.63 bits per heavy atom. The SMILES string of the molecule is C=CC(=O)OC12CC3CC(C1)CC(C(=O)OC(C(F)(F)F)C(F)(F)S(=O)(=O)O)(C3)C2. The molecule has 7 nitrogen and oxygen atoms in total. The highest BCUT2D eigenvalue weighted by atomic mass is 32.2. The van der Waals surface area contributed by atoms with Gasteiger partial charge in [0.1, 0.15) is 5.60 Å². The van der Waals surface area contributed by atoms with Gasteiger partial charge in [0.25, 0.3) is 6.10 Å². The predicted octanol–water partition coefficient (Wildman–Crippen LogP) is 3.01. The molecule has 3 unspecified atom stereocenters. The summed E-state index contributed by atoms with van der Waals surface area (Å²) in [5, 5.41) is -5.80. The number of esters is 2. The fourth-order valence-corrected chi connectivity index (χ4v) is 5.94. The summed E-state index contributed by atoms with van der Waals surface area (Å²) >= 11 is 0. The smallest absolute Gasteiger partial charge is 0.432 e. The van der Waals surface area contributed by atoms with Crippen molar-refractivity contribution in [3.8, 4) is 0 Å². The lowest BCUT2D eigenvalue weighted by atomic mass is 9.48. The maximum atomic E-state index is 13.8. The van der Waals surface area contributed by atoms with Crippen molar-refractivity contribution in [1.82, 2.24) is 0 Å². The Labute approximate surface area is 168 Å². The third-order valence-corrected chi connectivity index (χ3v) is 7.00. The third kappa shape index (κ3) is 3.81. The molecule has 30 heavy (non-hydrogen) atoms. The van der Waals surface area contributed by atoms with Crippen LogP contribution in [0.3, 0.4) is 0 Å². The molecule has 0 aromatic heterocycles. The summed E-state index contributed by atoms with van der Waals surface area (Å²) in [6, 6.07) is 0. The zero-order valence-corrected chi connectivity index (χ0v) is 16.3. The van der Waals surface area contributed by atoms with Crippen molar-refractivity contribution in [3.05, 3.63) is 12.7 Å². The molecule has 0 amide bonds. The first kappa shape index (κ1) is 22.9. The molecule has 1 N–H and O–H groups in total. The second kappa shape index (κ2) is 6.87. The fourth-order valence-electron chi connectivity index (χ4n) is 5.49. The van der Waals surface area contributed by atoms with Crippen molar-refractivity contribution in [3.63, 3.8) is 0 Å². The number of hydrogen-bond donors (Lipinski definition) is 1. The molecule has 4 aliphatic rings. The number of hydrogen-bond acceptors (Lipinski definition) is 6. The molecule has 4 aliphatic carbocycles. The van der Waals surface area contributed by atoms with Gasteiger partial charge in [-0.1, -0.05) is 6.58 Å². The quantitative estimate of drug-likeness (QED) is 0.280.